The SMILES string of the molecule is ONC1CCC1NO. The zero-order valence-electron chi connectivity index (χ0n) is 4.46. The summed E-state index contributed by atoms with van der Waals surface area (Å²) in [5.41, 5.74) is 4.16. The van der Waals surface area contributed by atoms with E-state index in [1.165, 1.54) is 0 Å². The summed E-state index contributed by atoms with van der Waals surface area (Å²) in [7, 11) is 0. The van der Waals surface area contributed by atoms with Gasteiger partial charge in [0.1, 0.15) is 0 Å². The van der Waals surface area contributed by atoms with E-state index in [0.717, 1.165) is 12.8 Å². The van der Waals surface area contributed by atoms with Crippen LogP contribution in [0.1, 0.15) is 12.8 Å². The highest BCUT2D eigenvalue weighted by molar-refractivity contribution is 4.87. The third kappa shape index (κ3) is 0.830. The smallest absolute Gasteiger partial charge is 0.0496 e. The standard InChI is InChI=1S/C4H10N2O2/c7-5-3-1-2-4(3)6-8/h3-8H,1-2H2. The molecule has 1 aliphatic rings. The van der Waals surface area contributed by atoms with Gasteiger partial charge in [0.15, 0.2) is 0 Å². The fourth-order valence-electron chi connectivity index (χ4n) is 0.809. The van der Waals surface area contributed by atoms with Crippen LogP contribution in [-0.2, 0) is 0 Å². The maximum absolute atomic E-state index is 8.29. The molecular weight excluding hydrogens is 108 g/mol. The van der Waals surface area contributed by atoms with E-state index in [-0.39, 0.29) is 12.1 Å². The molecular formula is C4H10N2O2. The summed E-state index contributed by atoms with van der Waals surface area (Å²) < 4.78 is 0. The normalized spacial score (nSPS) is 36.8. The maximum atomic E-state index is 8.29. The fraction of sp³-hybridized carbons (Fsp3) is 1.00. The molecule has 0 radical (unpaired) electrons. The second-order valence-corrected chi connectivity index (χ2v) is 2.05. The Morgan fingerprint density at radius 3 is 1.50 bits per heavy atom. The van der Waals surface area contributed by atoms with Gasteiger partial charge in [0.2, 0.25) is 0 Å². The highest BCUT2D eigenvalue weighted by atomic mass is 16.5. The average Bonchev–Trinajstić information content (AvgIpc) is 1.66. The number of hydroxylamine groups is 2. The van der Waals surface area contributed by atoms with Crippen molar-refractivity contribution >= 4 is 0 Å². The van der Waals surface area contributed by atoms with Crippen LogP contribution in [0.3, 0.4) is 0 Å². The molecule has 0 aromatic rings. The summed E-state index contributed by atoms with van der Waals surface area (Å²) >= 11 is 0. The molecule has 0 aromatic heterocycles. The van der Waals surface area contributed by atoms with Gasteiger partial charge in [-0.05, 0) is 12.8 Å². The van der Waals surface area contributed by atoms with Crippen LogP contribution < -0.4 is 11.0 Å². The zero-order valence-corrected chi connectivity index (χ0v) is 4.46. The molecule has 1 saturated carbocycles. The molecule has 0 bridgehead atoms. The van der Waals surface area contributed by atoms with E-state index < -0.39 is 0 Å². The van der Waals surface area contributed by atoms with Gasteiger partial charge in [-0.3, -0.25) is 0 Å². The van der Waals surface area contributed by atoms with Gasteiger partial charge in [0.25, 0.3) is 0 Å². The number of hydrogen-bond donors (Lipinski definition) is 4. The molecule has 1 fully saturated rings. The largest absolute Gasteiger partial charge is 0.316 e. The van der Waals surface area contributed by atoms with Crippen molar-refractivity contribution in [2.45, 2.75) is 24.9 Å². The quantitative estimate of drug-likeness (QED) is 0.368. The van der Waals surface area contributed by atoms with Crippen LogP contribution in [0.2, 0.25) is 0 Å². The first-order chi connectivity index (χ1) is 3.88. The Morgan fingerprint density at radius 2 is 1.38 bits per heavy atom. The fourth-order valence-corrected chi connectivity index (χ4v) is 0.809. The van der Waals surface area contributed by atoms with Crippen LogP contribution in [0, 0.1) is 0 Å². The summed E-state index contributed by atoms with van der Waals surface area (Å²) in [5, 5.41) is 16.6. The van der Waals surface area contributed by atoms with Crippen LogP contribution in [0.4, 0.5) is 0 Å². The second kappa shape index (κ2) is 2.41. The van der Waals surface area contributed by atoms with E-state index in [1.54, 1.807) is 0 Å². The predicted molar refractivity (Wildman–Crippen MR) is 26.7 cm³/mol. The maximum Gasteiger partial charge on any atom is 0.0496 e. The third-order valence-electron chi connectivity index (χ3n) is 1.61. The van der Waals surface area contributed by atoms with Crippen molar-refractivity contribution in [3.8, 4) is 0 Å². The number of rotatable bonds is 2. The Labute approximate surface area is 47.4 Å². The molecule has 0 spiro atoms. The molecule has 0 aliphatic heterocycles. The molecule has 2 unspecified atom stereocenters. The van der Waals surface area contributed by atoms with Gasteiger partial charge in [-0.2, -0.15) is 0 Å². The summed E-state index contributed by atoms with van der Waals surface area (Å²) in [5.74, 6) is 0. The molecule has 0 amide bonds. The Morgan fingerprint density at radius 1 is 1.00 bits per heavy atom. The van der Waals surface area contributed by atoms with Crippen LogP contribution in [0.5, 0.6) is 0 Å². The summed E-state index contributed by atoms with van der Waals surface area (Å²) in [6, 6.07) is 0.0833. The summed E-state index contributed by atoms with van der Waals surface area (Å²) in [6.07, 6.45) is 1.85. The van der Waals surface area contributed by atoms with Crippen LogP contribution in [0.25, 0.3) is 0 Å². The average molecular weight is 118 g/mol. The monoisotopic (exact) mass is 118 g/mol. The second-order valence-electron chi connectivity index (χ2n) is 2.05. The zero-order chi connectivity index (χ0) is 5.98. The van der Waals surface area contributed by atoms with Crippen LogP contribution in [0.15, 0.2) is 0 Å². The predicted octanol–water partition coefficient (Wildman–Crippen LogP) is -0.525. The molecule has 0 aromatic carbocycles. The lowest BCUT2D eigenvalue weighted by atomic mass is 9.88. The van der Waals surface area contributed by atoms with Crippen molar-refractivity contribution in [3.63, 3.8) is 0 Å². The van der Waals surface area contributed by atoms with Crippen molar-refractivity contribution in [2.75, 3.05) is 0 Å². The number of hydrogen-bond acceptors (Lipinski definition) is 4. The molecule has 4 heteroatoms. The molecule has 1 aliphatic carbocycles. The first kappa shape index (κ1) is 5.97. The Bertz CT molecular complexity index is 64.4. The Hall–Kier alpha value is -0.160. The van der Waals surface area contributed by atoms with Crippen molar-refractivity contribution in [3.05, 3.63) is 0 Å². The third-order valence-corrected chi connectivity index (χ3v) is 1.61. The first-order valence-corrected chi connectivity index (χ1v) is 2.67. The molecule has 1 rings (SSSR count). The highest BCUT2D eigenvalue weighted by Crippen LogP contribution is 2.17. The van der Waals surface area contributed by atoms with E-state index in [1.807, 2.05) is 0 Å². The number of nitrogens with one attached hydrogen (secondary N) is 2. The summed E-state index contributed by atoms with van der Waals surface area (Å²) in [4.78, 5) is 0. The topological polar surface area (TPSA) is 64.5 Å². The van der Waals surface area contributed by atoms with E-state index >= 15 is 0 Å². The van der Waals surface area contributed by atoms with Crippen LogP contribution >= 0.6 is 0 Å². The molecule has 0 heterocycles. The molecule has 0 saturated heterocycles. The molecule has 4 N–H and O–H groups in total. The van der Waals surface area contributed by atoms with Crippen molar-refractivity contribution in [2.24, 2.45) is 0 Å². The van der Waals surface area contributed by atoms with Gasteiger partial charge in [-0.25, -0.2) is 11.0 Å². The lowest BCUT2D eigenvalue weighted by Crippen LogP contribution is -2.53. The van der Waals surface area contributed by atoms with Crippen molar-refractivity contribution in [1.29, 1.82) is 0 Å². The first-order valence-electron chi connectivity index (χ1n) is 2.67. The minimum absolute atomic E-state index is 0.0417. The minimum atomic E-state index is 0.0417. The molecule has 2 atom stereocenters. The van der Waals surface area contributed by atoms with E-state index in [9.17, 15) is 0 Å². The Balaban J connectivity index is 2.16. The Kier molecular flexibility index (Phi) is 1.80. The van der Waals surface area contributed by atoms with Crippen molar-refractivity contribution < 1.29 is 10.4 Å². The van der Waals surface area contributed by atoms with Gasteiger partial charge in [-0.1, -0.05) is 0 Å². The van der Waals surface area contributed by atoms with Gasteiger partial charge in [0.05, 0.1) is 0 Å². The van der Waals surface area contributed by atoms with E-state index in [2.05, 4.69) is 11.0 Å². The highest BCUT2D eigenvalue weighted by Gasteiger charge is 2.29. The van der Waals surface area contributed by atoms with Crippen molar-refractivity contribution in [1.82, 2.24) is 11.0 Å². The van der Waals surface area contributed by atoms with Gasteiger partial charge in [0, 0.05) is 12.1 Å². The van der Waals surface area contributed by atoms with Gasteiger partial charge < -0.3 is 10.4 Å². The molecule has 4 nitrogen and oxygen atoms in total. The van der Waals surface area contributed by atoms with E-state index in [4.69, 9.17) is 10.4 Å². The van der Waals surface area contributed by atoms with E-state index in [0.29, 0.717) is 0 Å². The van der Waals surface area contributed by atoms with Gasteiger partial charge in [-0.15, -0.1) is 0 Å². The lowest BCUT2D eigenvalue weighted by molar-refractivity contribution is 0.00631. The van der Waals surface area contributed by atoms with Gasteiger partial charge >= 0.3 is 0 Å². The molecule has 8 heavy (non-hydrogen) atoms. The summed E-state index contributed by atoms with van der Waals surface area (Å²) in [6.45, 7) is 0. The lowest BCUT2D eigenvalue weighted by Gasteiger charge is -2.33. The van der Waals surface area contributed by atoms with Crippen LogP contribution in [-0.4, -0.2) is 22.5 Å². The minimum Gasteiger partial charge on any atom is -0.316 e. The molecule has 48 valence electrons.